The largest absolute Gasteiger partial charge is 0.408 e. The minimum Gasteiger partial charge on any atom is -0.408 e. The Kier molecular flexibility index (Phi) is 4.27. The normalized spacial score (nSPS) is 21.7. The number of nitrogens with one attached hydrogen (secondary N) is 3. The van der Waals surface area contributed by atoms with Crippen molar-refractivity contribution in [2.24, 2.45) is 0 Å². The van der Waals surface area contributed by atoms with Gasteiger partial charge in [0.1, 0.15) is 6.04 Å². The van der Waals surface area contributed by atoms with Gasteiger partial charge in [0.25, 0.3) is 5.91 Å². The Morgan fingerprint density at radius 3 is 2.83 bits per heavy atom. The van der Waals surface area contributed by atoms with Crippen molar-refractivity contribution in [2.45, 2.75) is 37.9 Å². The van der Waals surface area contributed by atoms with Crippen LogP contribution in [0, 0.1) is 0 Å². The van der Waals surface area contributed by atoms with Crippen LogP contribution < -0.4 is 16.0 Å². The van der Waals surface area contributed by atoms with Gasteiger partial charge in [-0.15, -0.1) is 5.10 Å². The number of rotatable bonds is 5. The number of carbonyl (C=O) groups excluding carboxylic acids is 3. The molecular weight excluding hydrogens is 376 g/mol. The number of benzene rings is 1. The number of anilines is 1. The standard InChI is InChI=1S/C19H20N6O4/c26-15-5-4-14(16(27)22-15)25-9-13-10(2-1-3-12(13)18(25)28)8-21-19-24-23-17(29-19)11-6-20-7-11/h1-3,11,14,20H,4-9H2,(H,21,24)(H,22,26,27). The quantitative estimate of drug-likeness (QED) is 0.608. The van der Waals surface area contributed by atoms with Gasteiger partial charge in [-0.05, 0) is 23.6 Å². The summed E-state index contributed by atoms with van der Waals surface area (Å²) in [5, 5.41) is 16.7. The summed E-state index contributed by atoms with van der Waals surface area (Å²) in [4.78, 5) is 38.0. The monoisotopic (exact) mass is 396 g/mol. The Labute approximate surface area is 166 Å². The molecule has 1 unspecified atom stereocenters. The van der Waals surface area contributed by atoms with Gasteiger partial charge in [0.15, 0.2) is 0 Å². The molecular formula is C19H20N6O4. The van der Waals surface area contributed by atoms with E-state index in [1.807, 2.05) is 12.1 Å². The number of imide groups is 1. The number of hydrogen-bond acceptors (Lipinski definition) is 8. The first-order valence-electron chi connectivity index (χ1n) is 9.63. The number of piperidine rings is 1. The van der Waals surface area contributed by atoms with Crippen molar-refractivity contribution in [1.29, 1.82) is 0 Å². The highest BCUT2D eigenvalue weighted by atomic mass is 16.4. The van der Waals surface area contributed by atoms with Crippen LogP contribution in [0.2, 0.25) is 0 Å². The molecule has 150 valence electrons. The fourth-order valence-electron chi connectivity index (χ4n) is 3.92. The summed E-state index contributed by atoms with van der Waals surface area (Å²) in [6.07, 6.45) is 0.583. The van der Waals surface area contributed by atoms with Crippen molar-refractivity contribution in [1.82, 2.24) is 25.7 Å². The molecule has 0 aliphatic carbocycles. The highest BCUT2D eigenvalue weighted by Gasteiger charge is 2.39. The molecule has 29 heavy (non-hydrogen) atoms. The second kappa shape index (κ2) is 6.96. The Morgan fingerprint density at radius 1 is 1.21 bits per heavy atom. The molecule has 1 atom stereocenters. The van der Waals surface area contributed by atoms with Crippen molar-refractivity contribution >= 4 is 23.7 Å². The molecule has 3 aliphatic heterocycles. The molecule has 10 heteroatoms. The van der Waals surface area contributed by atoms with E-state index in [4.69, 9.17) is 4.42 Å². The van der Waals surface area contributed by atoms with Crippen molar-refractivity contribution < 1.29 is 18.8 Å². The lowest BCUT2D eigenvalue weighted by Crippen LogP contribution is -2.52. The molecule has 2 fully saturated rings. The Balaban J connectivity index is 1.31. The van der Waals surface area contributed by atoms with Gasteiger partial charge in [0, 0.05) is 38.2 Å². The first kappa shape index (κ1) is 17.8. The SMILES string of the molecule is O=C1CCC(N2Cc3c(CNc4nnc(C5CNC5)o4)cccc3C2=O)C(=O)N1. The van der Waals surface area contributed by atoms with E-state index in [1.165, 1.54) is 0 Å². The van der Waals surface area contributed by atoms with Crippen molar-refractivity contribution in [3.63, 3.8) is 0 Å². The summed E-state index contributed by atoms with van der Waals surface area (Å²) in [6.45, 7) is 2.43. The zero-order chi connectivity index (χ0) is 20.0. The van der Waals surface area contributed by atoms with Gasteiger partial charge in [-0.25, -0.2) is 0 Å². The third kappa shape index (κ3) is 3.15. The lowest BCUT2D eigenvalue weighted by atomic mass is 10.0. The van der Waals surface area contributed by atoms with Gasteiger partial charge in [-0.2, -0.15) is 0 Å². The van der Waals surface area contributed by atoms with Gasteiger partial charge in [0.05, 0.1) is 5.92 Å². The Hall–Kier alpha value is -3.27. The fraction of sp³-hybridized carbons (Fsp3) is 0.421. The molecule has 5 rings (SSSR count). The molecule has 0 bridgehead atoms. The molecule has 1 aromatic carbocycles. The highest BCUT2D eigenvalue weighted by molar-refractivity contribution is 6.05. The lowest BCUT2D eigenvalue weighted by Gasteiger charge is -2.29. The molecule has 2 aromatic rings. The van der Waals surface area contributed by atoms with Gasteiger partial charge in [-0.1, -0.05) is 17.2 Å². The topological polar surface area (TPSA) is 129 Å². The average molecular weight is 396 g/mol. The van der Waals surface area contributed by atoms with E-state index in [1.54, 1.807) is 11.0 Å². The summed E-state index contributed by atoms with van der Waals surface area (Å²) in [7, 11) is 0. The van der Waals surface area contributed by atoms with E-state index in [2.05, 4.69) is 26.1 Å². The molecule has 3 aliphatic rings. The molecule has 0 spiro atoms. The van der Waals surface area contributed by atoms with Crippen LogP contribution in [0.1, 0.15) is 46.1 Å². The summed E-state index contributed by atoms with van der Waals surface area (Å²) in [5.74, 6) is -0.0146. The molecule has 3 amide bonds. The summed E-state index contributed by atoms with van der Waals surface area (Å²) in [6, 6.07) is 5.24. The van der Waals surface area contributed by atoms with Crippen LogP contribution in [0.15, 0.2) is 22.6 Å². The average Bonchev–Trinajstić information content (AvgIpc) is 3.24. The maximum atomic E-state index is 12.9. The van der Waals surface area contributed by atoms with E-state index in [0.29, 0.717) is 37.0 Å². The zero-order valence-electron chi connectivity index (χ0n) is 15.6. The molecule has 10 nitrogen and oxygen atoms in total. The number of aromatic nitrogens is 2. The summed E-state index contributed by atoms with van der Waals surface area (Å²) >= 11 is 0. The zero-order valence-corrected chi connectivity index (χ0v) is 15.6. The third-order valence-corrected chi connectivity index (χ3v) is 5.68. The Morgan fingerprint density at radius 2 is 2.07 bits per heavy atom. The minimum atomic E-state index is -0.622. The van der Waals surface area contributed by atoms with Gasteiger partial charge in [-0.3, -0.25) is 19.7 Å². The molecule has 0 saturated carbocycles. The van der Waals surface area contributed by atoms with Crippen LogP contribution in [0.3, 0.4) is 0 Å². The van der Waals surface area contributed by atoms with Gasteiger partial charge in [0.2, 0.25) is 17.7 Å². The Bertz CT molecular complexity index is 998. The van der Waals surface area contributed by atoms with Crippen molar-refractivity contribution in [3.05, 3.63) is 40.8 Å². The van der Waals surface area contributed by atoms with Crippen LogP contribution in [0.4, 0.5) is 6.01 Å². The van der Waals surface area contributed by atoms with E-state index in [0.717, 1.165) is 24.2 Å². The predicted molar refractivity (Wildman–Crippen MR) is 99.7 cm³/mol. The molecule has 2 saturated heterocycles. The van der Waals surface area contributed by atoms with Crippen LogP contribution >= 0.6 is 0 Å². The summed E-state index contributed by atoms with van der Waals surface area (Å²) in [5.41, 5.74) is 2.38. The van der Waals surface area contributed by atoms with Gasteiger partial charge >= 0.3 is 6.01 Å². The number of fused-ring (bicyclic) bond motifs is 1. The number of hydrogen-bond donors (Lipinski definition) is 3. The second-order valence-corrected chi connectivity index (χ2v) is 7.50. The predicted octanol–water partition coefficient (Wildman–Crippen LogP) is 0.130. The smallest absolute Gasteiger partial charge is 0.315 e. The van der Waals surface area contributed by atoms with Crippen LogP contribution in [-0.2, 0) is 22.7 Å². The molecule has 1 aromatic heterocycles. The first-order chi connectivity index (χ1) is 14.1. The van der Waals surface area contributed by atoms with Crippen molar-refractivity contribution in [3.8, 4) is 0 Å². The number of carbonyl (C=O) groups is 3. The van der Waals surface area contributed by atoms with Crippen LogP contribution in [-0.4, -0.2) is 52.0 Å². The maximum absolute atomic E-state index is 12.9. The van der Waals surface area contributed by atoms with Crippen molar-refractivity contribution in [2.75, 3.05) is 18.4 Å². The summed E-state index contributed by atoms with van der Waals surface area (Å²) < 4.78 is 5.65. The van der Waals surface area contributed by atoms with E-state index in [9.17, 15) is 14.4 Å². The molecule has 3 N–H and O–H groups in total. The second-order valence-electron chi connectivity index (χ2n) is 7.50. The third-order valence-electron chi connectivity index (χ3n) is 5.68. The first-order valence-corrected chi connectivity index (χ1v) is 9.63. The maximum Gasteiger partial charge on any atom is 0.315 e. The lowest BCUT2D eigenvalue weighted by molar-refractivity contribution is -0.136. The molecule has 4 heterocycles. The van der Waals surface area contributed by atoms with E-state index >= 15 is 0 Å². The van der Waals surface area contributed by atoms with E-state index < -0.39 is 11.9 Å². The van der Waals surface area contributed by atoms with Gasteiger partial charge < -0.3 is 20.0 Å². The highest BCUT2D eigenvalue weighted by Crippen LogP contribution is 2.30. The minimum absolute atomic E-state index is 0.186. The number of nitrogens with zero attached hydrogens (tertiary/aromatic N) is 3. The fourth-order valence-corrected chi connectivity index (χ4v) is 3.92. The molecule has 0 radical (unpaired) electrons. The van der Waals surface area contributed by atoms with E-state index in [-0.39, 0.29) is 24.2 Å². The van der Waals surface area contributed by atoms with Crippen LogP contribution in [0.25, 0.3) is 0 Å². The van der Waals surface area contributed by atoms with Crippen LogP contribution in [0.5, 0.6) is 0 Å². The number of amides is 3.